The molecule has 0 saturated heterocycles. The summed E-state index contributed by atoms with van der Waals surface area (Å²) in [5.41, 5.74) is 5.21. The van der Waals surface area contributed by atoms with Gasteiger partial charge in [0.15, 0.2) is 0 Å². The van der Waals surface area contributed by atoms with Gasteiger partial charge in [0, 0.05) is 0 Å². The highest BCUT2D eigenvalue weighted by Crippen LogP contribution is 2.17. The van der Waals surface area contributed by atoms with Gasteiger partial charge in [-0.15, -0.1) is 0 Å². The zero-order valence-electron chi connectivity index (χ0n) is 14.0. The lowest BCUT2D eigenvalue weighted by molar-refractivity contribution is -0.145. The topological polar surface area (TPSA) is 92.8 Å². The molecule has 1 rings (SSSR count). The number of nitrogens with two attached hydrogens (primary N) is 1. The Bertz CT molecular complexity index is 461. The van der Waals surface area contributed by atoms with Crippen molar-refractivity contribution in [1.29, 1.82) is 0 Å². The molecule has 0 saturated carbocycles. The van der Waals surface area contributed by atoms with Gasteiger partial charge in [0.2, 0.25) is 0 Å². The van der Waals surface area contributed by atoms with E-state index in [-0.39, 0.29) is 6.42 Å². The SMILES string of the molecule is CCCCCCOc1ccc(CCCC(N)(CO)C(=O)O)cc1. The lowest BCUT2D eigenvalue weighted by atomic mass is 9.93. The maximum atomic E-state index is 11.0. The van der Waals surface area contributed by atoms with Crippen LogP contribution in [0, 0.1) is 0 Å². The first-order chi connectivity index (χ1) is 11.0. The van der Waals surface area contributed by atoms with E-state index in [0.717, 1.165) is 30.8 Å². The number of carboxylic acid groups (broad SMARTS) is 1. The van der Waals surface area contributed by atoms with Crippen molar-refractivity contribution in [1.82, 2.24) is 0 Å². The first kappa shape index (κ1) is 19.5. The monoisotopic (exact) mass is 323 g/mol. The van der Waals surface area contributed by atoms with Crippen LogP contribution in [-0.2, 0) is 11.2 Å². The van der Waals surface area contributed by atoms with Crippen LogP contribution >= 0.6 is 0 Å². The Hall–Kier alpha value is -1.59. The summed E-state index contributed by atoms with van der Waals surface area (Å²) in [5, 5.41) is 18.1. The number of benzene rings is 1. The third-order valence-corrected chi connectivity index (χ3v) is 3.99. The summed E-state index contributed by atoms with van der Waals surface area (Å²) >= 11 is 0. The van der Waals surface area contributed by atoms with E-state index in [0.29, 0.717) is 6.42 Å². The third-order valence-electron chi connectivity index (χ3n) is 3.99. The summed E-state index contributed by atoms with van der Waals surface area (Å²) < 4.78 is 5.68. The highest BCUT2D eigenvalue weighted by Gasteiger charge is 2.32. The molecule has 0 bridgehead atoms. The van der Waals surface area contributed by atoms with Crippen molar-refractivity contribution < 1.29 is 19.7 Å². The molecule has 1 aromatic carbocycles. The highest BCUT2D eigenvalue weighted by molar-refractivity contribution is 5.78. The van der Waals surface area contributed by atoms with Gasteiger partial charge in [-0.25, -0.2) is 0 Å². The van der Waals surface area contributed by atoms with Crippen molar-refractivity contribution in [2.24, 2.45) is 5.73 Å². The number of hydrogen-bond donors (Lipinski definition) is 3. The lowest BCUT2D eigenvalue weighted by Gasteiger charge is -2.21. The molecule has 1 aromatic rings. The summed E-state index contributed by atoms with van der Waals surface area (Å²) in [6, 6.07) is 7.85. The van der Waals surface area contributed by atoms with Gasteiger partial charge in [-0.3, -0.25) is 4.79 Å². The average Bonchev–Trinajstić information content (AvgIpc) is 2.55. The second kappa shape index (κ2) is 10.2. The molecule has 5 nitrogen and oxygen atoms in total. The summed E-state index contributed by atoms with van der Waals surface area (Å²) in [4.78, 5) is 11.0. The van der Waals surface area contributed by atoms with Crippen molar-refractivity contribution >= 4 is 5.97 Å². The summed E-state index contributed by atoms with van der Waals surface area (Å²) in [7, 11) is 0. The molecule has 0 aliphatic rings. The van der Waals surface area contributed by atoms with E-state index in [1.807, 2.05) is 24.3 Å². The van der Waals surface area contributed by atoms with Gasteiger partial charge in [-0.2, -0.15) is 0 Å². The fraction of sp³-hybridized carbons (Fsp3) is 0.611. The van der Waals surface area contributed by atoms with Gasteiger partial charge in [0.05, 0.1) is 13.2 Å². The van der Waals surface area contributed by atoms with Crippen LogP contribution in [0.5, 0.6) is 5.75 Å². The first-order valence-electron chi connectivity index (χ1n) is 8.36. The molecule has 0 radical (unpaired) electrons. The largest absolute Gasteiger partial charge is 0.494 e. The Morgan fingerprint density at radius 3 is 2.43 bits per heavy atom. The predicted octanol–water partition coefficient (Wildman–Crippen LogP) is 2.74. The number of hydrogen-bond acceptors (Lipinski definition) is 4. The van der Waals surface area contributed by atoms with Gasteiger partial charge < -0.3 is 20.7 Å². The molecule has 1 atom stereocenters. The highest BCUT2D eigenvalue weighted by atomic mass is 16.5. The minimum Gasteiger partial charge on any atom is -0.494 e. The van der Waals surface area contributed by atoms with Gasteiger partial charge in [-0.05, 0) is 43.4 Å². The maximum absolute atomic E-state index is 11.0. The number of ether oxygens (including phenoxy) is 1. The molecule has 0 fully saturated rings. The van der Waals surface area contributed by atoms with Gasteiger partial charge in [0.25, 0.3) is 0 Å². The van der Waals surface area contributed by atoms with Gasteiger partial charge in [0.1, 0.15) is 11.3 Å². The molecule has 0 spiro atoms. The number of aliphatic carboxylic acids is 1. The number of rotatable bonds is 12. The normalized spacial score (nSPS) is 13.5. The van der Waals surface area contributed by atoms with Crippen molar-refractivity contribution in [2.75, 3.05) is 13.2 Å². The van der Waals surface area contributed by atoms with E-state index in [1.165, 1.54) is 19.3 Å². The van der Waals surface area contributed by atoms with Crippen LogP contribution in [0.25, 0.3) is 0 Å². The quantitative estimate of drug-likeness (QED) is 0.514. The third kappa shape index (κ3) is 7.01. The van der Waals surface area contributed by atoms with Crippen LogP contribution in [0.1, 0.15) is 51.0 Å². The average molecular weight is 323 g/mol. The number of carboxylic acids is 1. The summed E-state index contributed by atoms with van der Waals surface area (Å²) in [5.74, 6) is -0.300. The second-order valence-corrected chi connectivity index (χ2v) is 6.03. The van der Waals surface area contributed by atoms with Gasteiger partial charge >= 0.3 is 5.97 Å². The number of aryl methyl sites for hydroxylation is 1. The van der Waals surface area contributed by atoms with Crippen molar-refractivity contribution in [2.45, 2.75) is 57.4 Å². The lowest BCUT2D eigenvalue weighted by Crippen LogP contribution is -2.51. The number of aliphatic hydroxyl groups excluding tert-OH is 1. The predicted molar refractivity (Wildman–Crippen MR) is 90.7 cm³/mol. The zero-order valence-corrected chi connectivity index (χ0v) is 14.0. The first-order valence-corrected chi connectivity index (χ1v) is 8.36. The fourth-order valence-electron chi connectivity index (χ4n) is 2.33. The van der Waals surface area contributed by atoms with Crippen LogP contribution in [0.3, 0.4) is 0 Å². The van der Waals surface area contributed by atoms with E-state index in [1.54, 1.807) is 0 Å². The zero-order chi connectivity index (χ0) is 17.1. The van der Waals surface area contributed by atoms with E-state index in [4.69, 9.17) is 20.7 Å². The molecule has 0 amide bonds. The molecule has 0 aliphatic carbocycles. The van der Waals surface area contributed by atoms with Crippen LogP contribution in [-0.4, -0.2) is 34.9 Å². The molecule has 0 aliphatic heterocycles. The van der Waals surface area contributed by atoms with E-state index in [2.05, 4.69) is 6.92 Å². The second-order valence-electron chi connectivity index (χ2n) is 6.03. The van der Waals surface area contributed by atoms with Crippen molar-refractivity contribution in [3.63, 3.8) is 0 Å². The van der Waals surface area contributed by atoms with E-state index in [9.17, 15) is 4.79 Å². The van der Waals surface area contributed by atoms with Gasteiger partial charge in [-0.1, -0.05) is 38.3 Å². The maximum Gasteiger partial charge on any atom is 0.326 e. The summed E-state index contributed by atoms with van der Waals surface area (Å²) in [6.07, 6.45) is 6.32. The molecule has 130 valence electrons. The van der Waals surface area contributed by atoms with Crippen LogP contribution in [0.15, 0.2) is 24.3 Å². The van der Waals surface area contributed by atoms with E-state index >= 15 is 0 Å². The Kier molecular flexibility index (Phi) is 8.66. The smallest absolute Gasteiger partial charge is 0.326 e. The molecule has 5 heteroatoms. The Labute approximate surface area is 138 Å². The molecule has 23 heavy (non-hydrogen) atoms. The number of carbonyl (C=O) groups is 1. The summed E-state index contributed by atoms with van der Waals surface area (Å²) in [6.45, 7) is 2.38. The Balaban J connectivity index is 2.32. The minimum atomic E-state index is -1.54. The van der Waals surface area contributed by atoms with Crippen LogP contribution in [0.2, 0.25) is 0 Å². The molecular formula is C18H29NO4. The number of aliphatic hydroxyl groups is 1. The number of unbranched alkanes of at least 4 members (excludes halogenated alkanes) is 3. The van der Waals surface area contributed by atoms with Crippen LogP contribution < -0.4 is 10.5 Å². The van der Waals surface area contributed by atoms with Crippen LogP contribution in [0.4, 0.5) is 0 Å². The molecular weight excluding hydrogens is 294 g/mol. The van der Waals surface area contributed by atoms with E-state index < -0.39 is 18.1 Å². The Morgan fingerprint density at radius 2 is 1.87 bits per heavy atom. The Morgan fingerprint density at radius 1 is 1.17 bits per heavy atom. The molecule has 0 aromatic heterocycles. The molecule has 1 unspecified atom stereocenters. The fourth-order valence-corrected chi connectivity index (χ4v) is 2.33. The molecule has 0 heterocycles. The van der Waals surface area contributed by atoms with Crippen molar-refractivity contribution in [3.8, 4) is 5.75 Å². The molecule has 4 N–H and O–H groups in total. The van der Waals surface area contributed by atoms with Crippen molar-refractivity contribution in [3.05, 3.63) is 29.8 Å². The minimum absolute atomic E-state index is 0.245. The standard InChI is InChI=1S/C18H29NO4/c1-2-3-4-5-13-23-16-10-8-15(9-11-16)7-6-12-18(19,14-20)17(21)22/h8-11,20H,2-7,12-14,19H2,1H3,(H,21,22).